The van der Waals surface area contributed by atoms with Gasteiger partial charge in [-0.15, -0.1) is 0 Å². The summed E-state index contributed by atoms with van der Waals surface area (Å²) in [4.78, 5) is 6.04. The third kappa shape index (κ3) is 3.83. The summed E-state index contributed by atoms with van der Waals surface area (Å²) in [7, 11) is -2.24. The average molecular weight is 339 g/mol. The highest BCUT2D eigenvalue weighted by molar-refractivity contribution is 6.77. The van der Waals surface area contributed by atoms with Gasteiger partial charge in [-0.25, -0.2) is 0 Å². The monoisotopic (exact) mass is 338 g/mol. The maximum atomic E-state index is 9.14. The van der Waals surface area contributed by atoms with Gasteiger partial charge in [0.2, 0.25) is 8.32 Å². The molecule has 130 valence electrons. The van der Waals surface area contributed by atoms with Gasteiger partial charge >= 0.3 is 0 Å². The Morgan fingerprint density at radius 2 is 1.57 bits per heavy atom. The maximum absolute atomic E-state index is 9.14. The van der Waals surface area contributed by atoms with Gasteiger partial charge in [0.1, 0.15) is 5.72 Å². The Bertz CT molecular complexity index is 474. The molecule has 0 saturated heterocycles. The van der Waals surface area contributed by atoms with Crippen molar-refractivity contribution in [1.29, 1.82) is 0 Å². The van der Waals surface area contributed by atoms with Crippen LogP contribution in [0.25, 0.3) is 20.9 Å². The molecular formula is C15H30N6OSi. The first kappa shape index (κ1) is 19.8. The number of nitrogens with zero attached hydrogens (tertiary/aromatic N) is 6. The Labute approximate surface area is 140 Å². The van der Waals surface area contributed by atoms with Crippen molar-refractivity contribution in [2.24, 2.45) is 10.2 Å². The van der Waals surface area contributed by atoms with E-state index in [1.165, 1.54) is 0 Å². The van der Waals surface area contributed by atoms with Gasteiger partial charge in [-0.05, 0) is 40.5 Å². The summed E-state index contributed by atoms with van der Waals surface area (Å²) in [6.45, 7) is 13.2. The zero-order valence-electron chi connectivity index (χ0n) is 15.2. The lowest BCUT2D eigenvalue weighted by Gasteiger charge is -2.50. The quantitative estimate of drug-likeness (QED) is 0.226. The summed E-state index contributed by atoms with van der Waals surface area (Å²) in [5.74, 6) is 0. The highest BCUT2D eigenvalue weighted by Gasteiger charge is 2.53. The van der Waals surface area contributed by atoms with E-state index in [0.29, 0.717) is 29.5 Å². The Morgan fingerprint density at radius 3 is 2.00 bits per heavy atom. The number of hydrogen-bond donors (Lipinski definition) is 0. The second kappa shape index (κ2) is 8.06. The summed E-state index contributed by atoms with van der Waals surface area (Å²) in [5.41, 5.74) is 18.2. The van der Waals surface area contributed by atoms with E-state index in [2.05, 4.69) is 61.6 Å². The zero-order valence-corrected chi connectivity index (χ0v) is 16.2. The van der Waals surface area contributed by atoms with Crippen LogP contribution in [-0.4, -0.2) is 20.1 Å². The molecule has 8 heteroatoms. The molecule has 1 aliphatic rings. The molecule has 1 fully saturated rings. The lowest BCUT2D eigenvalue weighted by atomic mass is 9.88. The molecule has 0 radical (unpaired) electrons. The van der Waals surface area contributed by atoms with Crippen molar-refractivity contribution in [2.45, 2.75) is 95.6 Å². The van der Waals surface area contributed by atoms with Crippen molar-refractivity contribution in [1.82, 2.24) is 0 Å². The number of hydrogen-bond acceptors (Lipinski definition) is 3. The molecule has 23 heavy (non-hydrogen) atoms. The van der Waals surface area contributed by atoms with E-state index >= 15 is 0 Å². The minimum absolute atomic E-state index is 0.377. The third-order valence-corrected chi connectivity index (χ3v) is 11.4. The van der Waals surface area contributed by atoms with Gasteiger partial charge in [0.05, 0.1) is 6.04 Å². The van der Waals surface area contributed by atoms with Crippen LogP contribution in [-0.2, 0) is 4.43 Å². The largest absolute Gasteiger partial charge is 0.404 e. The van der Waals surface area contributed by atoms with Crippen molar-refractivity contribution < 1.29 is 4.43 Å². The van der Waals surface area contributed by atoms with E-state index < -0.39 is 20.1 Å². The highest BCUT2D eigenvalue weighted by Crippen LogP contribution is 2.48. The minimum atomic E-state index is -2.24. The smallest absolute Gasteiger partial charge is 0.201 e. The molecular weight excluding hydrogens is 308 g/mol. The van der Waals surface area contributed by atoms with Crippen LogP contribution >= 0.6 is 0 Å². The summed E-state index contributed by atoms with van der Waals surface area (Å²) < 4.78 is 6.81. The molecule has 0 aromatic rings. The van der Waals surface area contributed by atoms with Crippen molar-refractivity contribution >= 4 is 8.32 Å². The molecule has 0 aliphatic heterocycles. The van der Waals surface area contributed by atoms with Crippen molar-refractivity contribution in [3.8, 4) is 0 Å². The Hall–Kier alpha value is -1.20. The van der Waals surface area contributed by atoms with Crippen LogP contribution in [0.5, 0.6) is 0 Å². The fourth-order valence-electron chi connectivity index (χ4n) is 4.31. The molecule has 2 unspecified atom stereocenters. The molecule has 0 heterocycles. The Kier molecular flexibility index (Phi) is 6.95. The first-order chi connectivity index (χ1) is 10.8. The molecule has 0 amide bonds. The van der Waals surface area contributed by atoms with Crippen molar-refractivity contribution in [3.05, 3.63) is 20.9 Å². The SMILES string of the molecule is CC(C)[Si](OC1(N=[N+]=[N-])CCCCC1N=[N+]=[N-])(C(C)C)C(C)C. The van der Waals surface area contributed by atoms with Gasteiger partial charge in [0, 0.05) is 9.82 Å². The standard InChI is InChI=1S/C15H30N6OSi/c1-11(2)23(12(3)4,13(5)6)22-15(19-21-17)10-8-7-9-14(15)18-20-16/h11-14H,7-10H2,1-6H3. The summed E-state index contributed by atoms with van der Waals surface area (Å²) in [6, 6.07) is -0.416. The van der Waals surface area contributed by atoms with Crippen LogP contribution in [0.4, 0.5) is 0 Å². The van der Waals surface area contributed by atoms with Gasteiger partial charge in [0.15, 0.2) is 0 Å². The number of rotatable bonds is 7. The third-order valence-electron chi connectivity index (χ3n) is 5.25. The van der Waals surface area contributed by atoms with Crippen molar-refractivity contribution in [3.63, 3.8) is 0 Å². The van der Waals surface area contributed by atoms with Gasteiger partial charge in [0.25, 0.3) is 0 Å². The van der Waals surface area contributed by atoms with Gasteiger partial charge < -0.3 is 4.43 Å². The fraction of sp³-hybridized carbons (Fsp3) is 1.00. The Balaban J connectivity index is 3.42. The van der Waals surface area contributed by atoms with E-state index in [9.17, 15) is 0 Å². The Morgan fingerprint density at radius 1 is 1.00 bits per heavy atom. The van der Waals surface area contributed by atoms with Gasteiger partial charge in [-0.3, -0.25) is 0 Å². The molecule has 0 bridgehead atoms. The first-order valence-electron chi connectivity index (χ1n) is 8.57. The molecule has 0 aromatic carbocycles. The van der Waals surface area contributed by atoms with Gasteiger partial charge in [-0.2, -0.15) is 0 Å². The molecule has 1 rings (SSSR count). The van der Waals surface area contributed by atoms with E-state index in [-0.39, 0.29) is 0 Å². The summed E-state index contributed by atoms with van der Waals surface area (Å²) in [5, 5.41) is 8.01. The topological polar surface area (TPSA) is 107 Å². The molecule has 0 spiro atoms. The van der Waals surface area contributed by atoms with Crippen LogP contribution in [0, 0.1) is 0 Å². The summed E-state index contributed by atoms with van der Waals surface area (Å²) in [6.07, 6.45) is 3.23. The van der Waals surface area contributed by atoms with E-state index in [0.717, 1.165) is 12.8 Å². The van der Waals surface area contributed by atoms with Crippen LogP contribution in [0.2, 0.25) is 16.6 Å². The van der Waals surface area contributed by atoms with Crippen molar-refractivity contribution in [2.75, 3.05) is 0 Å². The second-order valence-corrected chi connectivity index (χ2v) is 12.8. The first-order valence-corrected chi connectivity index (χ1v) is 10.7. The summed E-state index contributed by atoms with van der Waals surface area (Å²) >= 11 is 0. The van der Waals surface area contributed by atoms with Crippen LogP contribution in [0.1, 0.15) is 67.2 Å². The molecule has 7 nitrogen and oxygen atoms in total. The zero-order chi connectivity index (χ0) is 17.7. The normalized spacial score (nSPS) is 25.3. The molecule has 1 aliphatic carbocycles. The molecule has 1 saturated carbocycles. The molecule has 0 aromatic heterocycles. The minimum Gasteiger partial charge on any atom is -0.404 e. The van der Waals surface area contributed by atoms with E-state index in [1.807, 2.05) is 0 Å². The van der Waals surface area contributed by atoms with Gasteiger partial charge in [-0.1, -0.05) is 64.6 Å². The predicted octanol–water partition coefficient (Wildman–Crippen LogP) is 6.44. The molecule has 2 atom stereocenters. The van der Waals surface area contributed by atoms with Crippen LogP contribution in [0.15, 0.2) is 10.2 Å². The van der Waals surface area contributed by atoms with E-state index in [1.54, 1.807) is 0 Å². The van der Waals surface area contributed by atoms with Crippen LogP contribution in [0.3, 0.4) is 0 Å². The van der Waals surface area contributed by atoms with Crippen LogP contribution < -0.4 is 0 Å². The maximum Gasteiger partial charge on any atom is 0.201 e. The predicted molar refractivity (Wildman–Crippen MR) is 95.4 cm³/mol. The molecule has 0 N–H and O–H groups in total. The van der Waals surface area contributed by atoms with E-state index in [4.69, 9.17) is 15.5 Å². The average Bonchev–Trinajstić information content (AvgIpc) is 2.46. The second-order valence-electron chi connectivity index (χ2n) is 7.42. The highest BCUT2D eigenvalue weighted by atomic mass is 28.4. The number of azide groups is 2. The lowest BCUT2D eigenvalue weighted by molar-refractivity contribution is 0.00116. The fourth-order valence-corrected chi connectivity index (χ4v) is 9.91. The lowest BCUT2D eigenvalue weighted by Crippen LogP contribution is -2.58.